The van der Waals surface area contributed by atoms with E-state index in [9.17, 15) is 9.59 Å². The molecule has 1 atom stereocenters. The maximum Gasteiger partial charge on any atom is 0.332 e. The average molecular weight is 227 g/mol. The van der Waals surface area contributed by atoms with E-state index in [0.29, 0.717) is 5.76 Å². The van der Waals surface area contributed by atoms with Gasteiger partial charge in [-0.25, -0.2) is 4.79 Å². The SMILES string of the molecule is C[C@H](OCC(=O)NCc1ccco1)C(=O)O. The Labute approximate surface area is 92.2 Å². The molecule has 88 valence electrons. The van der Waals surface area contributed by atoms with Crippen LogP contribution in [0.25, 0.3) is 0 Å². The first-order chi connectivity index (χ1) is 7.59. The number of hydrogen-bond donors (Lipinski definition) is 2. The van der Waals surface area contributed by atoms with E-state index in [0.717, 1.165) is 0 Å². The number of hydrogen-bond acceptors (Lipinski definition) is 4. The summed E-state index contributed by atoms with van der Waals surface area (Å²) in [6, 6.07) is 3.44. The summed E-state index contributed by atoms with van der Waals surface area (Å²) in [5.41, 5.74) is 0. The number of carboxylic acids is 1. The molecule has 1 heterocycles. The lowest BCUT2D eigenvalue weighted by Gasteiger charge is -2.08. The van der Waals surface area contributed by atoms with Crippen molar-refractivity contribution in [1.29, 1.82) is 0 Å². The second-order valence-electron chi connectivity index (χ2n) is 3.15. The van der Waals surface area contributed by atoms with Gasteiger partial charge in [0, 0.05) is 0 Å². The van der Waals surface area contributed by atoms with E-state index in [2.05, 4.69) is 5.32 Å². The van der Waals surface area contributed by atoms with Crippen molar-refractivity contribution >= 4 is 11.9 Å². The minimum Gasteiger partial charge on any atom is -0.479 e. The highest BCUT2D eigenvalue weighted by Crippen LogP contribution is 1.98. The van der Waals surface area contributed by atoms with E-state index in [1.807, 2.05) is 0 Å². The normalized spacial score (nSPS) is 12.1. The van der Waals surface area contributed by atoms with Gasteiger partial charge in [-0.05, 0) is 19.1 Å². The van der Waals surface area contributed by atoms with E-state index < -0.39 is 12.1 Å². The summed E-state index contributed by atoms with van der Waals surface area (Å²) in [5.74, 6) is -0.858. The third-order valence-electron chi connectivity index (χ3n) is 1.85. The van der Waals surface area contributed by atoms with Crippen LogP contribution in [0, 0.1) is 0 Å². The van der Waals surface area contributed by atoms with Gasteiger partial charge in [0.1, 0.15) is 12.4 Å². The Morgan fingerprint density at radius 3 is 2.94 bits per heavy atom. The second-order valence-corrected chi connectivity index (χ2v) is 3.15. The number of carbonyl (C=O) groups excluding carboxylic acids is 1. The Morgan fingerprint density at radius 1 is 1.62 bits per heavy atom. The van der Waals surface area contributed by atoms with Gasteiger partial charge < -0.3 is 19.6 Å². The van der Waals surface area contributed by atoms with Crippen LogP contribution in [0.3, 0.4) is 0 Å². The van der Waals surface area contributed by atoms with Gasteiger partial charge >= 0.3 is 5.97 Å². The fourth-order valence-corrected chi connectivity index (χ4v) is 0.922. The standard InChI is InChI=1S/C10H13NO5/c1-7(10(13)14)16-6-9(12)11-5-8-3-2-4-15-8/h2-4,7H,5-6H2,1H3,(H,11,12)(H,13,14)/t7-/m0/s1. The van der Waals surface area contributed by atoms with Gasteiger partial charge in [0.05, 0.1) is 12.8 Å². The van der Waals surface area contributed by atoms with Crippen LogP contribution in [0.1, 0.15) is 12.7 Å². The topological polar surface area (TPSA) is 88.8 Å². The molecule has 6 heteroatoms. The average Bonchev–Trinajstić information content (AvgIpc) is 2.75. The fourth-order valence-electron chi connectivity index (χ4n) is 0.922. The molecule has 0 aliphatic rings. The molecule has 6 nitrogen and oxygen atoms in total. The zero-order valence-electron chi connectivity index (χ0n) is 8.80. The maximum absolute atomic E-state index is 11.2. The molecule has 16 heavy (non-hydrogen) atoms. The molecule has 0 aromatic carbocycles. The number of aliphatic carboxylic acids is 1. The van der Waals surface area contributed by atoms with Crippen molar-refractivity contribution in [2.24, 2.45) is 0 Å². The van der Waals surface area contributed by atoms with E-state index in [-0.39, 0.29) is 19.1 Å². The summed E-state index contributed by atoms with van der Waals surface area (Å²) < 4.78 is 9.79. The van der Waals surface area contributed by atoms with Crippen LogP contribution in [0.5, 0.6) is 0 Å². The van der Waals surface area contributed by atoms with Crippen LogP contribution in [-0.4, -0.2) is 29.7 Å². The van der Waals surface area contributed by atoms with Crippen molar-refractivity contribution in [3.63, 3.8) is 0 Å². The van der Waals surface area contributed by atoms with Gasteiger partial charge in [0.15, 0.2) is 6.10 Å². The number of nitrogens with one attached hydrogen (secondary N) is 1. The highest BCUT2D eigenvalue weighted by molar-refractivity contribution is 5.78. The summed E-state index contributed by atoms with van der Waals surface area (Å²) in [4.78, 5) is 21.6. The predicted molar refractivity (Wildman–Crippen MR) is 53.6 cm³/mol. The summed E-state index contributed by atoms with van der Waals surface area (Å²) in [6.45, 7) is 1.34. The minimum atomic E-state index is -1.10. The molecule has 1 aromatic rings. The number of carbonyl (C=O) groups is 2. The van der Waals surface area contributed by atoms with E-state index in [1.165, 1.54) is 13.2 Å². The highest BCUT2D eigenvalue weighted by Gasteiger charge is 2.12. The van der Waals surface area contributed by atoms with Gasteiger partial charge in [-0.15, -0.1) is 0 Å². The first kappa shape index (κ1) is 12.3. The summed E-state index contributed by atoms with van der Waals surface area (Å²) in [5, 5.41) is 11.0. The van der Waals surface area contributed by atoms with Gasteiger partial charge in [-0.1, -0.05) is 0 Å². The van der Waals surface area contributed by atoms with E-state index in [4.69, 9.17) is 14.3 Å². The lowest BCUT2D eigenvalue weighted by Crippen LogP contribution is -2.30. The quantitative estimate of drug-likeness (QED) is 0.733. The molecule has 0 aliphatic heterocycles. The van der Waals surface area contributed by atoms with Crippen molar-refractivity contribution in [1.82, 2.24) is 5.32 Å². The van der Waals surface area contributed by atoms with Crippen LogP contribution >= 0.6 is 0 Å². The van der Waals surface area contributed by atoms with Crippen LogP contribution in [0.15, 0.2) is 22.8 Å². The number of furan rings is 1. The summed E-state index contributed by atoms with van der Waals surface area (Å²) in [7, 11) is 0. The molecule has 0 saturated heterocycles. The number of ether oxygens (including phenoxy) is 1. The van der Waals surface area contributed by atoms with Crippen molar-refractivity contribution < 1.29 is 23.8 Å². The van der Waals surface area contributed by atoms with Crippen LogP contribution < -0.4 is 5.32 Å². The van der Waals surface area contributed by atoms with E-state index >= 15 is 0 Å². The zero-order chi connectivity index (χ0) is 12.0. The first-order valence-corrected chi connectivity index (χ1v) is 4.73. The Bertz CT molecular complexity index is 346. The first-order valence-electron chi connectivity index (χ1n) is 4.73. The molecule has 0 unspecified atom stereocenters. The number of rotatable bonds is 6. The molecule has 0 spiro atoms. The molecule has 0 bridgehead atoms. The van der Waals surface area contributed by atoms with Crippen LogP contribution in [0.4, 0.5) is 0 Å². The Morgan fingerprint density at radius 2 is 2.38 bits per heavy atom. The van der Waals surface area contributed by atoms with Gasteiger partial charge in [0.25, 0.3) is 0 Å². The number of carboxylic acid groups (broad SMARTS) is 1. The van der Waals surface area contributed by atoms with Crippen molar-refractivity contribution in [3.8, 4) is 0 Å². The Hall–Kier alpha value is -1.82. The molecule has 0 saturated carbocycles. The fraction of sp³-hybridized carbons (Fsp3) is 0.400. The lowest BCUT2D eigenvalue weighted by molar-refractivity contribution is -0.150. The van der Waals surface area contributed by atoms with Crippen LogP contribution in [-0.2, 0) is 20.9 Å². The van der Waals surface area contributed by atoms with Crippen molar-refractivity contribution in [2.45, 2.75) is 19.6 Å². The van der Waals surface area contributed by atoms with Gasteiger partial charge in [0.2, 0.25) is 5.91 Å². The molecule has 2 N–H and O–H groups in total. The molecule has 0 fully saturated rings. The Kier molecular flexibility index (Phi) is 4.53. The minimum absolute atomic E-state index is 0.261. The molecule has 1 amide bonds. The third-order valence-corrected chi connectivity index (χ3v) is 1.85. The van der Waals surface area contributed by atoms with Crippen molar-refractivity contribution in [2.75, 3.05) is 6.61 Å². The lowest BCUT2D eigenvalue weighted by atomic mass is 10.4. The smallest absolute Gasteiger partial charge is 0.332 e. The highest BCUT2D eigenvalue weighted by atomic mass is 16.5. The summed E-state index contributed by atoms with van der Waals surface area (Å²) in [6.07, 6.45) is 0.513. The largest absolute Gasteiger partial charge is 0.479 e. The monoisotopic (exact) mass is 227 g/mol. The van der Waals surface area contributed by atoms with E-state index in [1.54, 1.807) is 12.1 Å². The van der Waals surface area contributed by atoms with Gasteiger partial charge in [-0.3, -0.25) is 4.79 Å². The Balaban J connectivity index is 2.19. The van der Waals surface area contributed by atoms with Crippen molar-refractivity contribution in [3.05, 3.63) is 24.2 Å². The number of amides is 1. The molecule has 0 radical (unpaired) electrons. The second kappa shape index (κ2) is 5.92. The molecule has 1 aromatic heterocycles. The molecule has 0 aliphatic carbocycles. The van der Waals surface area contributed by atoms with Crippen LogP contribution in [0.2, 0.25) is 0 Å². The molecular weight excluding hydrogens is 214 g/mol. The maximum atomic E-state index is 11.2. The predicted octanol–water partition coefficient (Wildman–Crippen LogP) is 0.385. The third kappa shape index (κ3) is 4.14. The summed E-state index contributed by atoms with van der Waals surface area (Å²) >= 11 is 0. The molecule has 1 rings (SSSR count). The van der Waals surface area contributed by atoms with Gasteiger partial charge in [-0.2, -0.15) is 0 Å². The zero-order valence-corrected chi connectivity index (χ0v) is 8.80. The molecular formula is C10H13NO5.